The molecule has 1 amide bonds. The standard InChI is InChI=1S/C16H20FNO6/c1-16(2,3)24-15(21)18-12(14(19)20)6-9-4-11(17)5-10-7-22-8-23-13(9)10/h4-5,12H,6-8H2,1-3H3,(H,18,21)(H,19,20). The number of ether oxygens (including phenoxy) is 3. The summed E-state index contributed by atoms with van der Waals surface area (Å²) < 4.78 is 29.2. The molecule has 0 radical (unpaired) electrons. The van der Waals surface area contributed by atoms with Crippen molar-refractivity contribution in [2.75, 3.05) is 6.79 Å². The van der Waals surface area contributed by atoms with E-state index in [2.05, 4.69) is 5.32 Å². The van der Waals surface area contributed by atoms with E-state index in [1.807, 2.05) is 0 Å². The van der Waals surface area contributed by atoms with Crippen LogP contribution in [0.2, 0.25) is 0 Å². The molecule has 0 bridgehead atoms. The zero-order valence-electron chi connectivity index (χ0n) is 13.7. The lowest BCUT2D eigenvalue weighted by molar-refractivity contribution is -0.139. The van der Waals surface area contributed by atoms with Crippen molar-refractivity contribution in [2.24, 2.45) is 0 Å². The molecule has 0 fully saturated rings. The van der Waals surface area contributed by atoms with Gasteiger partial charge in [0.15, 0.2) is 6.79 Å². The number of nitrogens with one attached hydrogen (secondary N) is 1. The van der Waals surface area contributed by atoms with Crippen molar-refractivity contribution >= 4 is 12.1 Å². The highest BCUT2D eigenvalue weighted by molar-refractivity contribution is 5.80. The van der Waals surface area contributed by atoms with E-state index >= 15 is 0 Å². The molecule has 2 rings (SSSR count). The number of fused-ring (bicyclic) bond motifs is 1. The summed E-state index contributed by atoms with van der Waals surface area (Å²) in [7, 11) is 0. The molecule has 0 saturated carbocycles. The van der Waals surface area contributed by atoms with Crippen molar-refractivity contribution in [2.45, 2.75) is 45.4 Å². The maximum Gasteiger partial charge on any atom is 0.408 e. The van der Waals surface area contributed by atoms with E-state index < -0.39 is 29.5 Å². The Balaban J connectivity index is 2.18. The number of carbonyl (C=O) groups is 2. The van der Waals surface area contributed by atoms with Crippen LogP contribution in [0.5, 0.6) is 5.75 Å². The van der Waals surface area contributed by atoms with E-state index in [9.17, 15) is 19.1 Å². The van der Waals surface area contributed by atoms with E-state index in [1.165, 1.54) is 12.1 Å². The largest absolute Gasteiger partial charge is 0.480 e. The van der Waals surface area contributed by atoms with Crippen LogP contribution in [0.25, 0.3) is 0 Å². The monoisotopic (exact) mass is 341 g/mol. The Bertz CT molecular complexity index is 640. The first-order chi connectivity index (χ1) is 11.2. The highest BCUT2D eigenvalue weighted by Gasteiger charge is 2.27. The molecule has 132 valence electrons. The van der Waals surface area contributed by atoms with Gasteiger partial charge in [0, 0.05) is 17.5 Å². The summed E-state index contributed by atoms with van der Waals surface area (Å²) in [6.07, 6.45) is -1.00. The number of rotatable bonds is 4. The van der Waals surface area contributed by atoms with Crippen LogP contribution in [0, 0.1) is 5.82 Å². The summed E-state index contributed by atoms with van der Waals surface area (Å²) in [5.41, 5.74) is 0.0837. The van der Waals surface area contributed by atoms with Crippen molar-refractivity contribution < 1.29 is 33.3 Å². The molecule has 0 aromatic heterocycles. The second kappa shape index (κ2) is 7.04. The molecule has 7 nitrogen and oxygen atoms in total. The Morgan fingerprint density at radius 3 is 2.75 bits per heavy atom. The summed E-state index contributed by atoms with van der Waals surface area (Å²) >= 11 is 0. The molecule has 0 saturated heterocycles. The minimum atomic E-state index is -1.28. The van der Waals surface area contributed by atoms with Gasteiger partial charge in [-0.15, -0.1) is 0 Å². The van der Waals surface area contributed by atoms with Crippen LogP contribution >= 0.6 is 0 Å². The summed E-state index contributed by atoms with van der Waals surface area (Å²) in [5, 5.41) is 11.6. The lowest BCUT2D eigenvalue weighted by atomic mass is 10.0. The van der Waals surface area contributed by atoms with Crippen LogP contribution < -0.4 is 10.1 Å². The molecule has 0 aliphatic carbocycles. The third-order valence-electron chi connectivity index (χ3n) is 3.16. The molecule has 24 heavy (non-hydrogen) atoms. The summed E-state index contributed by atoms with van der Waals surface area (Å²) in [5.74, 6) is -1.40. The topological polar surface area (TPSA) is 94.1 Å². The molecular formula is C16H20FNO6. The average molecular weight is 341 g/mol. The van der Waals surface area contributed by atoms with Crippen molar-refractivity contribution in [3.63, 3.8) is 0 Å². The SMILES string of the molecule is CC(C)(C)OC(=O)NC(Cc1cc(F)cc2c1OCOC2)C(=O)O. The van der Waals surface area contributed by atoms with Gasteiger partial charge >= 0.3 is 12.1 Å². The number of alkyl carbamates (subject to hydrolysis) is 1. The second-order valence-corrected chi connectivity index (χ2v) is 6.40. The molecule has 0 spiro atoms. The highest BCUT2D eigenvalue weighted by atomic mass is 19.1. The van der Waals surface area contributed by atoms with Gasteiger partial charge in [0.25, 0.3) is 0 Å². The fraction of sp³-hybridized carbons (Fsp3) is 0.500. The molecule has 1 aromatic rings. The minimum Gasteiger partial charge on any atom is -0.480 e. The summed E-state index contributed by atoms with van der Waals surface area (Å²) in [6.45, 7) is 5.18. The predicted octanol–water partition coefficient (Wildman–Crippen LogP) is 2.21. The average Bonchev–Trinajstić information content (AvgIpc) is 2.44. The Labute approximate surface area is 138 Å². The van der Waals surface area contributed by atoms with Gasteiger partial charge < -0.3 is 24.6 Å². The van der Waals surface area contributed by atoms with Crippen molar-refractivity contribution in [3.8, 4) is 5.75 Å². The third-order valence-corrected chi connectivity index (χ3v) is 3.16. The van der Waals surface area contributed by atoms with E-state index in [-0.39, 0.29) is 19.8 Å². The molecule has 1 heterocycles. The van der Waals surface area contributed by atoms with Crippen LogP contribution in [0.15, 0.2) is 12.1 Å². The van der Waals surface area contributed by atoms with Crippen LogP contribution in [0.3, 0.4) is 0 Å². The second-order valence-electron chi connectivity index (χ2n) is 6.40. The summed E-state index contributed by atoms with van der Waals surface area (Å²) in [4.78, 5) is 23.2. The Morgan fingerprint density at radius 1 is 1.42 bits per heavy atom. The normalized spacial score (nSPS) is 15.0. The van der Waals surface area contributed by atoms with E-state index in [4.69, 9.17) is 14.2 Å². The molecule has 8 heteroatoms. The molecular weight excluding hydrogens is 321 g/mol. The first-order valence-corrected chi connectivity index (χ1v) is 7.40. The minimum absolute atomic E-state index is 0.00284. The Hall–Kier alpha value is -2.35. The van der Waals surface area contributed by atoms with Gasteiger partial charge in [0.2, 0.25) is 0 Å². The maximum absolute atomic E-state index is 13.7. The molecule has 1 atom stereocenters. The number of hydrogen-bond acceptors (Lipinski definition) is 5. The van der Waals surface area contributed by atoms with Crippen LogP contribution in [0.1, 0.15) is 31.9 Å². The lowest BCUT2D eigenvalue weighted by Gasteiger charge is -2.24. The maximum atomic E-state index is 13.7. The zero-order valence-corrected chi connectivity index (χ0v) is 13.7. The quantitative estimate of drug-likeness (QED) is 0.872. The Morgan fingerprint density at radius 2 is 2.12 bits per heavy atom. The zero-order chi connectivity index (χ0) is 17.9. The number of aliphatic carboxylic acids is 1. The van der Waals surface area contributed by atoms with Crippen molar-refractivity contribution in [1.82, 2.24) is 5.32 Å². The summed E-state index contributed by atoms with van der Waals surface area (Å²) in [6, 6.07) is 1.18. The van der Waals surface area contributed by atoms with Crippen molar-refractivity contribution in [1.29, 1.82) is 0 Å². The Kier molecular flexibility index (Phi) is 5.28. The molecule has 2 N–H and O–H groups in total. The molecule has 1 aliphatic heterocycles. The van der Waals surface area contributed by atoms with Gasteiger partial charge in [-0.3, -0.25) is 0 Å². The van der Waals surface area contributed by atoms with Gasteiger partial charge in [-0.1, -0.05) is 0 Å². The van der Waals surface area contributed by atoms with Gasteiger partial charge in [-0.2, -0.15) is 0 Å². The van der Waals surface area contributed by atoms with Crippen molar-refractivity contribution in [3.05, 3.63) is 29.1 Å². The third kappa shape index (κ3) is 4.82. The number of benzene rings is 1. The fourth-order valence-electron chi connectivity index (χ4n) is 2.28. The van der Waals surface area contributed by atoms with Crippen LogP contribution in [0.4, 0.5) is 9.18 Å². The van der Waals surface area contributed by atoms with E-state index in [0.717, 1.165) is 0 Å². The van der Waals surface area contributed by atoms with Gasteiger partial charge in [-0.05, 0) is 32.9 Å². The number of amides is 1. The van der Waals surface area contributed by atoms with Crippen LogP contribution in [-0.4, -0.2) is 35.6 Å². The first-order valence-electron chi connectivity index (χ1n) is 7.40. The predicted molar refractivity (Wildman–Crippen MR) is 81.2 cm³/mol. The smallest absolute Gasteiger partial charge is 0.408 e. The first kappa shape index (κ1) is 18.0. The van der Waals surface area contributed by atoms with E-state index in [1.54, 1.807) is 20.8 Å². The van der Waals surface area contributed by atoms with Gasteiger partial charge in [0.1, 0.15) is 23.2 Å². The number of carboxylic acids is 1. The molecule has 1 unspecified atom stereocenters. The van der Waals surface area contributed by atoms with E-state index in [0.29, 0.717) is 16.9 Å². The van der Waals surface area contributed by atoms with Gasteiger partial charge in [-0.25, -0.2) is 14.0 Å². The number of hydrogen-bond donors (Lipinski definition) is 2. The van der Waals surface area contributed by atoms with Crippen LogP contribution in [-0.2, 0) is 27.3 Å². The number of carboxylic acid groups (broad SMARTS) is 1. The fourth-order valence-corrected chi connectivity index (χ4v) is 2.28. The highest BCUT2D eigenvalue weighted by Crippen LogP contribution is 2.30. The molecule has 1 aliphatic rings. The lowest BCUT2D eigenvalue weighted by Crippen LogP contribution is -2.44. The number of carbonyl (C=O) groups excluding carboxylic acids is 1. The molecule has 1 aromatic carbocycles. The number of halogens is 1. The van der Waals surface area contributed by atoms with Gasteiger partial charge in [0.05, 0.1) is 6.61 Å².